The molecule has 1 aromatic carbocycles. The van der Waals surface area contributed by atoms with E-state index in [4.69, 9.17) is 49.9 Å². The van der Waals surface area contributed by atoms with Crippen LogP contribution in [0.25, 0.3) is 0 Å². The molecule has 0 spiro atoms. The van der Waals surface area contributed by atoms with E-state index >= 15 is 0 Å². The Labute approximate surface area is 408 Å². The minimum atomic E-state index is -1.92. The Balaban J connectivity index is 0.00000397. The van der Waals surface area contributed by atoms with Crippen LogP contribution in [0.1, 0.15) is 101 Å². The fourth-order valence-corrected chi connectivity index (χ4v) is 10.3. The van der Waals surface area contributed by atoms with Crippen LogP contribution in [0, 0.1) is 17.8 Å². The van der Waals surface area contributed by atoms with Gasteiger partial charge in [-0.15, -0.1) is 0 Å². The number of urea groups is 1. The number of rotatable bonds is 12. The number of carbonyl (C=O) groups is 3. The first-order valence-electron chi connectivity index (χ1n) is 23.8. The molecule has 8 N–H and O–H groups in total. The molecule has 1 aromatic rings. The third kappa shape index (κ3) is 15.6. The molecule has 19 nitrogen and oxygen atoms in total. The average Bonchev–Trinajstić information content (AvgIpc) is 3.26. The van der Waals surface area contributed by atoms with Crippen molar-refractivity contribution in [3.05, 3.63) is 29.3 Å². The van der Waals surface area contributed by atoms with E-state index in [0.29, 0.717) is 36.6 Å². The van der Waals surface area contributed by atoms with Crippen molar-refractivity contribution < 1.29 is 73.4 Å². The maximum absolute atomic E-state index is 14.5. The van der Waals surface area contributed by atoms with E-state index in [1.165, 1.54) is 14.0 Å². The molecule has 0 aromatic heterocycles. The van der Waals surface area contributed by atoms with E-state index in [2.05, 4.69) is 10.6 Å². The molecule has 2 amide bonds. The number of anilines is 1. The lowest BCUT2D eigenvalue weighted by Gasteiger charge is -2.48. The van der Waals surface area contributed by atoms with Crippen molar-refractivity contribution in [2.75, 3.05) is 46.2 Å². The lowest BCUT2D eigenvalue weighted by atomic mass is 9.77. The van der Waals surface area contributed by atoms with Crippen LogP contribution in [0.3, 0.4) is 0 Å². The highest BCUT2D eigenvalue weighted by Gasteiger charge is 2.53. The first-order chi connectivity index (χ1) is 31.7. The second-order valence-electron chi connectivity index (χ2n) is 20.1. The van der Waals surface area contributed by atoms with E-state index in [1.807, 2.05) is 37.7 Å². The Morgan fingerprint density at radius 1 is 1.01 bits per heavy atom. The molecule has 0 unspecified atom stereocenters. The second kappa shape index (κ2) is 26.1. The zero-order chi connectivity index (χ0) is 51.5. The van der Waals surface area contributed by atoms with E-state index < -0.39 is 102 Å². The van der Waals surface area contributed by atoms with Gasteiger partial charge in [0.05, 0.1) is 41.5 Å². The summed E-state index contributed by atoms with van der Waals surface area (Å²) in [7, 11) is 5.24. The van der Waals surface area contributed by atoms with Gasteiger partial charge >= 0.3 is 12.0 Å². The van der Waals surface area contributed by atoms with Gasteiger partial charge in [0.2, 0.25) is 0 Å². The Kier molecular flexibility index (Phi) is 22.8. The number of esters is 1. The monoisotopic (exact) mass is 991 g/mol. The number of hydrogen-bond acceptors (Lipinski definition) is 16. The number of cyclic esters (lactones) is 1. The van der Waals surface area contributed by atoms with Crippen molar-refractivity contribution in [2.45, 2.75) is 192 Å². The molecule has 392 valence electrons. The first-order valence-corrected chi connectivity index (χ1v) is 24.2. The van der Waals surface area contributed by atoms with Crippen LogP contribution in [0.2, 0.25) is 5.02 Å². The summed E-state index contributed by atoms with van der Waals surface area (Å²) in [6, 6.07) is 5.38. The number of aliphatic hydroxyl groups is 5. The number of halogens is 1. The van der Waals surface area contributed by atoms with Gasteiger partial charge in [-0.2, -0.15) is 0 Å². The van der Waals surface area contributed by atoms with Crippen molar-refractivity contribution >= 4 is 35.8 Å². The standard InChI is InChI=1S/C47H81ClN4O13.CH2O2/c1-14-35-47(10,59)39(54)30(6)52(20-16-19-49-44(57)50-33-18-15-17-32(48)22-33)25-26(2)23-45(8,58)41(65-43-37(53)34(51(11)12)21-27(3)61-43)28(4)38(29(5)42(56)63-35)64-36-24-46(9,60-13)40(55)31(7)62-36;2-1-3/h15,17-18,22,26-31,34-41,43,53-55,58-59H,14,16,19-21,23-25H2,1-13H3,(H2,49,50,57);1H,(H,2,3)/t26-,27-,28+,29-,30-,31+,34+,35-,36+,37-,38+,39-,40+,41-,43+,45-,46-,47-;/m1./s1. The number of benzene rings is 1. The molecular formula is C48H83ClN4O15. The van der Waals surface area contributed by atoms with Gasteiger partial charge in [-0.05, 0) is 112 Å². The van der Waals surface area contributed by atoms with Gasteiger partial charge in [0.15, 0.2) is 12.6 Å². The molecule has 0 radical (unpaired) electrons. The number of aliphatic hydroxyl groups excluding tert-OH is 3. The van der Waals surface area contributed by atoms with E-state index in [0.717, 1.165) is 0 Å². The second-order valence-corrected chi connectivity index (χ2v) is 20.5. The number of methoxy groups -OCH3 is 1. The first kappa shape index (κ1) is 59.5. The topological polar surface area (TPSA) is 259 Å². The van der Waals surface area contributed by atoms with Crippen LogP contribution in [0.5, 0.6) is 0 Å². The van der Waals surface area contributed by atoms with Crippen LogP contribution in [0.15, 0.2) is 24.3 Å². The number of likely N-dealkylation sites (N-methyl/N-ethyl adjacent to an activating group) is 1. The SMILES string of the molecule is CC[C@H]1OC(=O)[C@H](C)[C@@H](O[C@H]2C[C@@](C)(OC)[C@@H](O)[C@H](C)O2)[C@H](C)[C@@H](O[C@@H]2O[C@H](C)C[C@H](N(C)C)[C@H]2O)[C@](C)(O)C[C@@H](C)CN(CCCNC(=O)Nc2cccc(Cl)c2)[C@H](C)[C@@H](O)[C@]1(C)O.O=CO. The van der Waals surface area contributed by atoms with Gasteiger partial charge in [-0.3, -0.25) is 14.5 Å². The van der Waals surface area contributed by atoms with Crippen molar-refractivity contribution in [3.63, 3.8) is 0 Å². The Morgan fingerprint density at radius 2 is 1.66 bits per heavy atom. The average molecular weight is 992 g/mol. The number of hydrogen-bond donors (Lipinski definition) is 8. The van der Waals surface area contributed by atoms with Crippen LogP contribution >= 0.6 is 11.6 Å². The van der Waals surface area contributed by atoms with Crippen molar-refractivity contribution in [2.24, 2.45) is 17.8 Å². The Morgan fingerprint density at radius 3 is 2.25 bits per heavy atom. The molecule has 4 rings (SSSR count). The molecule has 0 aliphatic carbocycles. The normalized spacial score (nSPS) is 40.2. The van der Waals surface area contributed by atoms with Gasteiger partial charge in [0, 0.05) is 61.9 Å². The molecule has 68 heavy (non-hydrogen) atoms. The molecule has 3 fully saturated rings. The molecule has 3 aliphatic heterocycles. The maximum atomic E-state index is 14.5. The van der Waals surface area contributed by atoms with E-state index in [1.54, 1.807) is 72.7 Å². The summed E-state index contributed by atoms with van der Waals surface area (Å²) in [5, 5.41) is 72.8. The predicted molar refractivity (Wildman–Crippen MR) is 255 cm³/mol. The van der Waals surface area contributed by atoms with Crippen LogP contribution in [0.4, 0.5) is 10.5 Å². The summed E-state index contributed by atoms with van der Waals surface area (Å²) in [6.07, 6.45) is -8.63. The summed E-state index contributed by atoms with van der Waals surface area (Å²) >= 11 is 6.09. The molecule has 0 saturated carbocycles. The summed E-state index contributed by atoms with van der Waals surface area (Å²) in [4.78, 5) is 39.6. The molecule has 0 bridgehead atoms. The molecule has 18 atom stereocenters. The lowest BCUT2D eigenvalue weighted by molar-refractivity contribution is -0.318. The minimum absolute atomic E-state index is 0.0970. The van der Waals surface area contributed by atoms with E-state index in [-0.39, 0.29) is 50.3 Å². The zero-order valence-electron chi connectivity index (χ0n) is 42.3. The van der Waals surface area contributed by atoms with Crippen molar-refractivity contribution in [1.29, 1.82) is 0 Å². The number of carboxylic acid groups (broad SMARTS) is 1. The van der Waals surface area contributed by atoms with E-state index in [9.17, 15) is 35.1 Å². The molecule has 3 saturated heterocycles. The largest absolute Gasteiger partial charge is 0.483 e. The predicted octanol–water partition coefficient (Wildman–Crippen LogP) is 3.84. The van der Waals surface area contributed by atoms with Crippen LogP contribution in [-0.2, 0) is 38.0 Å². The molecule has 20 heteroatoms. The number of amides is 2. The van der Waals surface area contributed by atoms with Crippen molar-refractivity contribution in [3.8, 4) is 0 Å². The third-order valence-corrected chi connectivity index (χ3v) is 14.3. The number of nitrogens with zero attached hydrogens (tertiary/aromatic N) is 2. The van der Waals surface area contributed by atoms with Gasteiger partial charge in [-0.1, -0.05) is 38.4 Å². The quantitative estimate of drug-likeness (QED) is 0.0841. The van der Waals surface area contributed by atoms with Gasteiger partial charge in [0.25, 0.3) is 6.47 Å². The number of ether oxygens (including phenoxy) is 6. The summed E-state index contributed by atoms with van der Waals surface area (Å²) in [5.41, 5.74) is -4.11. The fourth-order valence-electron chi connectivity index (χ4n) is 10.1. The van der Waals surface area contributed by atoms with Gasteiger partial charge < -0.3 is 74.6 Å². The van der Waals surface area contributed by atoms with Gasteiger partial charge in [-0.25, -0.2) is 4.79 Å². The van der Waals surface area contributed by atoms with Crippen molar-refractivity contribution in [1.82, 2.24) is 15.1 Å². The fraction of sp³-hybridized carbons (Fsp3) is 0.812. The van der Waals surface area contributed by atoms with Crippen LogP contribution < -0.4 is 10.6 Å². The highest BCUT2D eigenvalue weighted by atomic mass is 35.5. The third-order valence-electron chi connectivity index (χ3n) is 14.0. The smallest absolute Gasteiger partial charge is 0.319 e. The number of nitrogens with one attached hydrogen (secondary N) is 2. The highest BCUT2D eigenvalue weighted by Crippen LogP contribution is 2.40. The zero-order valence-corrected chi connectivity index (χ0v) is 43.1. The highest BCUT2D eigenvalue weighted by molar-refractivity contribution is 6.30. The summed E-state index contributed by atoms with van der Waals surface area (Å²) < 4.78 is 38.0. The molecule has 3 aliphatic rings. The minimum Gasteiger partial charge on any atom is -0.483 e. The van der Waals surface area contributed by atoms with Gasteiger partial charge in [0.1, 0.15) is 30.0 Å². The molecule has 3 heterocycles. The Hall–Kier alpha value is -2.76. The summed E-state index contributed by atoms with van der Waals surface area (Å²) in [5.74, 6) is -2.90. The number of carbonyl (C=O) groups excluding carboxylic acids is 2. The lowest BCUT2D eigenvalue weighted by Crippen LogP contribution is -2.60. The van der Waals surface area contributed by atoms with Crippen LogP contribution in [-0.4, -0.2) is 190 Å². The Bertz CT molecular complexity index is 1730. The molecular weight excluding hydrogens is 908 g/mol. The maximum Gasteiger partial charge on any atom is 0.319 e. The summed E-state index contributed by atoms with van der Waals surface area (Å²) in [6.45, 7) is 18.2.